The highest BCUT2D eigenvalue weighted by atomic mass is 19.4. The molecule has 0 bridgehead atoms. The molecule has 0 saturated carbocycles. The van der Waals surface area contributed by atoms with Crippen LogP contribution >= 0.6 is 0 Å². The van der Waals surface area contributed by atoms with Gasteiger partial charge in [0.25, 0.3) is 0 Å². The molecule has 0 amide bonds. The van der Waals surface area contributed by atoms with Crippen molar-refractivity contribution < 1.29 is 22.3 Å². The summed E-state index contributed by atoms with van der Waals surface area (Å²) in [7, 11) is 0. The van der Waals surface area contributed by atoms with E-state index in [1.54, 1.807) is 6.07 Å². The van der Waals surface area contributed by atoms with Crippen molar-refractivity contribution in [3.8, 4) is 0 Å². The second kappa shape index (κ2) is 4.37. The minimum atomic E-state index is -4.63. The van der Waals surface area contributed by atoms with Crippen LogP contribution in [0.3, 0.4) is 0 Å². The van der Waals surface area contributed by atoms with Gasteiger partial charge in [-0.05, 0) is 18.2 Å². The van der Waals surface area contributed by atoms with Crippen LogP contribution in [0.1, 0.15) is 0 Å². The smallest absolute Gasteiger partial charge is 0.345 e. The minimum Gasteiger partial charge on any atom is -0.345 e. The Labute approximate surface area is 94.4 Å². The normalized spacial score (nSPS) is 12.2. The maximum Gasteiger partial charge on any atom is 0.522 e. The molecule has 0 radical (unpaired) electrons. The molecule has 1 heterocycles. The summed E-state index contributed by atoms with van der Waals surface area (Å²) in [6.07, 6.45) is -3.10. The van der Waals surface area contributed by atoms with Gasteiger partial charge in [0.2, 0.25) is 0 Å². The molecule has 2 rings (SSSR count). The Balaban J connectivity index is 2.12. The van der Waals surface area contributed by atoms with E-state index in [-0.39, 0.29) is 6.54 Å². The van der Waals surface area contributed by atoms with E-state index in [0.717, 1.165) is 0 Å². The number of alkyl halides is 3. The monoisotopic (exact) mass is 247 g/mol. The molecular formula is C11H9F4NO. The van der Waals surface area contributed by atoms with E-state index in [9.17, 15) is 17.6 Å². The lowest BCUT2D eigenvalue weighted by molar-refractivity contribution is -0.325. The van der Waals surface area contributed by atoms with Gasteiger partial charge in [0.05, 0.1) is 12.1 Å². The Hall–Kier alpha value is -1.56. The lowest BCUT2D eigenvalue weighted by Gasteiger charge is -2.08. The average molecular weight is 247 g/mol. The van der Waals surface area contributed by atoms with E-state index in [4.69, 9.17) is 0 Å². The van der Waals surface area contributed by atoms with Gasteiger partial charge in [-0.15, -0.1) is 13.2 Å². The van der Waals surface area contributed by atoms with Gasteiger partial charge in [0.15, 0.2) is 0 Å². The minimum absolute atomic E-state index is 0.0203. The number of hydrogen-bond donors (Lipinski definition) is 0. The van der Waals surface area contributed by atoms with Gasteiger partial charge < -0.3 is 4.57 Å². The van der Waals surface area contributed by atoms with Crippen molar-refractivity contribution in [1.29, 1.82) is 0 Å². The fourth-order valence-corrected chi connectivity index (χ4v) is 1.64. The standard InChI is InChI=1S/C11H9F4NO/c12-9-2-1-3-10-8(9)4-5-16(10)6-7-17-11(13,14)15/h1-5H,6-7H2. The van der Waals surface area contributed by atoms with Crippen molar-refractivity contribution >= 4 is 10.9 Å². The second-order valence-electron chi connectivity index (χ2n) is 3.48. The Morgan fingerprint density at radius 3 is 2.65 bits per heavy atom. The summed E-state index contributed by atoms with van der Waals surface area (Å²) in [6.45, 7) is -0.476. The summed E-state index contributed by atoms with van der Waals surface area (Å²) >= 11 is 0. The summed E-state index contributed by atoms with van der Waals surface area (Å²) in [4.78, 5) is 0. The third-order valence-corrected chi connectivity index (χ3v) is 2.36. The van der Waals surface area contributed by atoms with Crippen molar-refractivity contribution in [3.63, 3.8) is 0 Å². The van der Waals surface area contributed by atoms with Crippen LogP contribution in [-0.4, -0.2) is 17.5 Å². The maximum atomic E-state index is 13.3. The topological polar surface area (TPSA) is 14.2 Å². The molecule has 0 fully saturated rings. The average Bonchev–Trinajstić information content (AvgIpc) is 2.61. The van der Waals surface area contributed by atoms with Gasteiger partial charge in [-0.2, -0.15) is 0 Å². The number of ether oxygens (including phenoxy) is 1. The van der Waals surface area contributed by atoms with Gasteiger partial charge in [0, 0.05) is 18.1 Å². The largest absolute Gasteiger partial charge is 0.522 e. The molecule has 6 heteroatoms. The van der Waals surface area contributed by atoms with Crippen LogP contribution in [0.2, 0.25) is 0 Å². The summed E-state index contributed by atoms with van der Waals surface area (Å²) in [5.74, 6) is -0.391. The lowest BCUT2D eigenvalue weighted by Crippen LogP contribution is -2.17. The van der Waals surface area contributed by atoms with Crippen LogP contribution in [0.4, 0.5) is 17.6 Å². The maximum absolute atomic E-state index is 13.3. The van der Waals surface area contributed by atoms with Crippen LogP contribution in [0.25, 0.3) is 10.9 Å². The molecule has 0 unspecified atom stereocenters. The molecule has 0 spiro atoms. The van der Waals surface area contributed by atoms with Crippen molar-refractivity contribution in [3.05, 3.63) is 36.3 Å². The molecule has 2 nitrogen and oxygen atoms in total. The fraction of sp³-hybridized carbons (Fsp3) is 0.273. The van der Waals surface area contributed by atoms with E-state index >= 15 is 0 Å². The molecule has 0 aliphatic rings. The molecule has 0 N–H and O–H groups in total. The fourth-order valence-electron chi connectivity index (χ4n) is 1.64. The van der Waals surface area contributed by atoms with E-state index in [1.165, 1.54) is 29.0 Å². The number of halogens is 4. The number of hydrogen-bond acceptors (Lipinski definition) is 1. The molecule has 2 aromatic rings. The van der Waals surface area contributed by atoms with Crippen LogP contribution < -0.4 is 0 Å². The van der Waals surface area contributed by atoms with Gasteiger partial charge in [-0.3, -0.25) is 4.74 Å². The Morgan fingerprint density at radius 2 is 1.94 bits per heavy atom. The molecule has 17 heavy (non-hydrogen) atoms. The van der Waals surface area contributed by atoms with Crippen LogP contribution in [0.15, 0.2) is 30.5 Å². The molecular weight excluding hydrogens is 238 g/mol. The lowest BCUT2D eigenvalue weighted by atomic mass is 10.2. The molecule has 0 saturated heterocycles. The predicted molar refractivity (Wildman–Crippen MR) is 53.9 cm³/mol. The highest BCUT2D eigenvalue weighted by Crippen LogP contribution is 2.20. The molecule has 1 aromatic heterocycles. The van der Waals surface area contributed by atoms with Gasteiger partial charge in [-0.25, -0.2) is 4.39 Å². The number of rotatable bonds is 3. The Bertz CT molecular complexity index is 518. The second-order valence-corrected chi connectivity index (χ2v) is 3.48. The zero-order valence-electron chi connectivity index (χ0n) is 8.67. The summed E-state index contributed by atoms with van der Waals surface area (Å²) in [6, 6.07) is 5.99. The predicted octanol–water partition coefficient (Wildman–Crippen LogP) is 3.32. The first-order chi connectivity index (χ1) is 7.97. The summed E-state index contributed by atoms with van der Waals surface area (Å²) < 4.78 is 53.8. The van der Waals surface area contributed by atoms with Crippen molar-refractivity contribution in [1.82, 2.24) is 4.57 Å². The third-order valence-electron chi connectivity index (χ3n) is 2.36. The van der Waals surface area contributed by atoms with E-state index < -0.39 is 18.8 Å². The van der Waals surface area contributed by atoms with Crippen LogP contribution in [-0.2, 0) is 11.3 Å². The van der Waals surface area contributed by atoms with E-state index in [0.29, 0.717) is 10.9 Å². The first kappa shape index (κ1) is 11.9. The highest BCUT2D eigenvalue weighted by Gasteiger charge is 2.28. The first-order valence-corrected chi connectivity index (χ1v) is 4.91. The Morgan fingerprint density at radius 1 is 1.18 bits per heavy atom. The van der Waals surface area contributed by atoms with Crippen LogP contribution in [0.5, 0.6) is 0 Å². The number of benzene rings is 1. The van der Waals surface area contributed by atoms with Gasteiger partial charge >= 0.3 is 6.36 Å². The van der Waals surface area contributed by atoms with Crippen molar-refractivity contribution in [2.75, 3.05) is 6.61 Å². The number of nitrogens with zero attached hydrogens (tertiary/aromatic N) is 1. The van der Waals surface area contributed by atoms with E-state index in [1.807, 2.05) is 0 Å². The quantitative estimate of drug-likeness (QED) is 0.759. The zero-order chi connectivity index (χ0) is 12.5. The number of aromatic nitrogens is 1. The van der Waals surface area contributed by atoms with Gasteiger partial charge in [0.1, 0.15) is 5.82 Å². The van der Waals surface area contributed by atoms with E-state index in [2.05, 4.69) is 4.74 Å². The number of fused-ring (bicyclic) bond motifs is 1. The van der Waals surface area contributed by atoms with Crippen molar-refractivity contribution in [2.45, 2.75) is 12.9 Å². The molecule has 1 aromatic carbocycles. The molecule has 92 valence electrons. The third kappa shape index (κ3) is 2.76. The first-order valence-electron chi connectivity index (χ1n) is 4.91. The van der Waals surface area contributed by atoms with Gasteiger partial charge in [-0.1, -0.05) is 6.07 Å². The van der Waals surface area contributed by atoms with Crippen LogP contribution in [0, 0.1) is 5.82 Å². The molecule has 0 aliphatic carbocycles. The molecule has 0 aliphatic heterocycles. The Kier molecular flexibility index (Phi) is 3.06. The SMILES string of the molecule is Fc1cccc2c1ccn2CCOC(F)(F)F. The summed E-state index contributed by atoms with van der Waals surface area (Å²) in [5.41, 5.74) is 0.552. The molecule has 0 atom stereocenters. The van der Waals surface area contributed by atoms with Crippen molar-refractivity contribution in [2.24, 2.45) is 0 Å². The highest BCUT2D eigenvalue weighted by molar-refractivity contribution is 5.80. The zero-order valence-corrected chi connectivity index (χ0v) is 8.67. The summed E-state index contributed by atoms with van der Waals surface area (Å²) in [5, 5.41) is 0.388.